The molecule has 4 heteroatoms. The van der Waals surface area contributed by atoms with Crippen molar-refractivity contribution >= 4 is 6.09 Å². The third kappa shape index (κ3) is 4.12. The first-order chi connectivity index (χ1) is 6.33. The molecular formula is C9H18N2O2. The van der Waals surface area contributed by atoms with Crippen LogP contribution in [0.4, 0.5) is 4.79 Å². The Kier molecular flexibility index (Phi) is 4.60. The topological polar surface area (TPSA) is 50.4 Å². The molecule has 1 fully saturated rings. The molecule has 0 aromatic heterocycles. The normalized spacial score (nSPS) is 22.4. The van der Waals surface area contributed by atoms with Crippen LogP contribution in [-0.4, -0.2) is 32.8 Å². The summed E-state index contributed by atoms with van der Waals surface area (Å²) in [5.41, 5.74) is 0. The van der Waals surface area contributed by atoms with Gasteiger partial charge in [0.2, 0.25) is 0 Å². The van der Waals surface area contributed by atoms with Crippen LogP contribution in [0.2, 0.25) is 0 Å². The van der Waals surface area contributed by atoms with E-state index in [0.29, 0.717) is 12.5 Å². The summed E-state index contributed by atoms with van der Waals surface area (Å²) in [4.78, 5) is 10.7. The number of carbonyl (C=O) groups is 1. The van der Waals surface area contributed by atoms with Crippen molar-refractivity contribution in [3.63, 3.8) is 0 Å². The molecule has 1 unspecified atom stereocenters. The minimum atomic E-state index is -0.330. The fourth-order valence-electron chi connectivity index (χ4n) is 1.56. The maximum absolute atomic E-state index is 10.7. The summed E-state index contributed by atoms with van der Waals surface area (Å²) in [6, 6.07) is 0. The molecule has 0 aromatic carbocycles. The molecule has 0 radical (unpaired) electrons. The molecule has 1 heterocycles. The SMILES string of the molecule is CNC(=O)OCCC1CCCNC1. The fraction of sp³-hybridized carbons (Fsp3) is 0.889. The summed E-state index contributed by atoms with van der Waals surface area (Å²) >= 11 is 0. The Labute approximate surface area is 79.0 Å². The van der Waals surface area contributed by atoms with E-state index < -0.39 is 0 Å². The molecule has 0 bridgehead atoms. The zero-order valence-electron chi connectivity index (χ0n) is 8.14. The predicted octanol–water partition coefficient (Wildman–Crippen LogP) is 0.732. The van der Waals surface area contributed by atoms with Crippen molar-refractivity contribution < 1.29 is 9.53 Å². The van der Waals surface area contributed by atoms with Gasteiger partial charge in [-0.3, -0.25) is 0 Å². The number of hydrogen-bond acceptors (Lipinski definition) is 3. The maximum Gasteiger partial charge on any atom is 0.406 e. The Bertz CT molecular complexity index is 156. The average Bonchev–Trinajstić information content (AvgIpc) is 2.19. The van der Waals surface area contributed by atoms with Crippen molar-refractivity contribution in [1.29, 1.82) is 0 Å². The van der Waals surface area contributed by atoms with E-state index in [1.165, 1.54) is 12.8 Å². The molecule has 4 nitrogen and oxygen atoms in total. The van der Waals surface area contributed by atoms with Gasteiger partial charge in [0, 0.05) is 7.05 Å². The second-order valence-electron chi connectivity index (χ2n) is 3.39. The van der Waals surface area contributed by atoms with Gasteiger partial charge in [-0.2, -0.15) is 0 Å². The van der Waals surface area contributed by atoms with Crippen LogP contribution < -0.4 is 10.6 Å². The highest BCUT2D eigenvalue weighted by Gasteiger charge is 2.12. The first-order valence-electron chi connectivity index (χ1n) is 4.88. The highest BCUT2D eigenvalue weighted by Crippen LogP contribution is 2.13. The monoisotopic (exact) mass is 186 g/mol. The summed E-state index contributed by atoms with van der Waals surface area (Å²) in [7, 11) is 1.57. The van der Waals surface area contributed by atoms with E-state index in [2.05, 4.69) is 10.6 Å². The second kappa shape index (κ2) is 5.80. The van der Waals surface area contributed by atoms with Crippen LogP contribution >= 0.6 is 0 Å². The lowest BCUT2D eigenvalue weighted by atomic mass is 9.97. The zero-order valence-corrected chi connectivity index (χ0v) is 8.14. The Morgan fingerprint density at radius 2 is 2.54 bits per heavy atom. The van der Waals surface area contributed by atoms with E-state index in [1.807, 2.05) is 0 Å². The number of ether oxygens (including phenoxy) is 1. The number of hydrogen-bond donors (Lipinski definition) is 2. The van der Waals surface area contributed by atoms with E-state index in [4.69, 9.17) is 4.74 Å². The number of alkyl carbamates (subject to hydrolysis) is 1. The zero-order chi connectivity index (χ0) is 9.52. The van der Waals surface area contributed by atoms with Gasteiger partial charge < -0.3 is 15.4 Å². The molecule has 0 aromatic rings. The smallest absolute Gasteiger partial charge is 0.406 e. The van der Waals surface area contributed by atoms with Crippen LogP contribution in [0.1, 0.15) is 19.3 Å². The van der Waals surface area contributed by atoms with E-state index in [-0.39, 0.29) is 6.09 Å². The summed E-state index contributed by atoms with van der Waals surface area (Å²) in [6.07, 6.45) is 3.14. The van der Waals surface area contributed by atoms with Gasteiger partial charge in [0.1, 0.15) is 0 Å². The molecule has 0 spiro atoms. The van der Waals surface area contributed by atoms with Gasteiger partial charge in [0.25, 0.3) is 0 Å². The summed E-state index contributed by atoms with van der Waals surface area (Å²) in [5, 5.41) is 5.76. The Hall–Kier alpha value is -0.770. The molecule has 0 aliphatic carbocycles. The van der Waals surface area contributed by atoms with Gasteiger partial charge >= 0.3 is 6.09 Å². The number of nitrogens with one attached hydrogen (secondary N) is 2. The van der Waals surface area contributed by atoms with Crippen LogP contribution in [0.25, 0.3) is 0 Å². The Morgan fingerprint density at radius 1 is 1.69 bits per heavy atom. The van der Waals surface area contributed by atoms with E-state index in [9.17, 15) is 4.79 Å². The minimum absolute atomic E-state index is 0.330. The van der Waals surface area contributed by atoms with Crippen molar-refractivity contribution in [2.45, 2.75) is 19.3 Å². The molecule has 76 valence electrons. The van der Waals surface area contributed by atoms with Crippen molar-refractivity contribution in [3.05, 3.63) is 0 Å². The average molecular weight is 186 g/mol. The molecule has 0 saturated carbocycles. The molecule has 1 atom stereocenters. The second-order valence-corrected chi connectivity index (χ2v) is 3.39. The van der Waals surface area contributed by atoms with Crippen LogP contribution in [0.15, 0.2) is 0 Å². The van der Waals surface area contributed by atoms with Crippen molar-refractivity contribution in [2.24, 2.45) is 5.92 Å². The summed E-state index contributed by atoms with van der Waals surface area (Å²) in [5.74, 6) is 0.679. The highest BCUT2D eigenvalue weighted by atomic mass is 16.5. The van der Waals surface area contributed by atoms with Crippen LogP contribution in [-0.2, 0) is 4.74 Å². The minimum Gasteiger partial charge on any atom is -0.450 e. The fourth-order valence-corrected chi connectivity index (χ4v) is 1.56. The van der Waals surface area contributed by atoms with Gasteiger partial charge in [-0.05, 0) is 38.3 Å². The summed E-state index contributed by atoms with van der Waals surface area (Å²) < 4.78 is 4.92. The van der Waals surface area contributed by atoms with Gasteiger partial charge in [-0.15, -0.1) is 0 Å². The van der Waals surface area contributed by atoms with Gasteiger partial charge in [0.15, 0.2) is 0 Å². The molecule has 2 N–H and O–H groups in total. The number of carbonyl (C=O) groups excluding carboxylic acids is 1. The standard InChI is InChI=1S/C9H18N2O2/c1-10-9(12)13-6-4-8-3-2-5-11-7-8/h8,11H,2-7H2,1H3,(H,10,12). The lowest BCUT2D eigenvalue weighted by molar-refractivity contribution is 0.138. The summed E-state index contributed by atoms with van der Waals surface area (Å²) in [6.45, 7) is 2.73. The van der Waals surface area contributed by atoms with E-state index >= 15 is 0 Å². The third-order valence-corrected chi connectivity index (χ3v) is 2.36. The first-order valence-corrected chi connectivity index (χ1v) is 4.88. The van der Waals surface area contributed by atoms with Gasteiger partial charge in [-0.25, -0.2) is 4.79 Å². The molecule has 1 aliphatic heterocycles. The molecular weight excluding hydrogens is 168 g/mol. The number of piperidine rings is 1. The predicted molar refractivity (Wildman–Crippen MR) is 50.6 cm³/mol. The maximum atomic E-state index is 10.7. The third-order valence-electron chi connectivity index (χ3n) is 2.36. The Balaban J connectivity index is 2.01. The number of amides is 1. The van der Waals surface area contributed by atoms with E-state index in [0.717, 1.165) is 19.5 Å². The highest BCUT2D eigenvalue weighted by molar-refractivity contribution is 5.66. The molecule has 13 heavy (non-hydrogen) atoms. The van der Waals surface area contributed by atoms with Gasteiger partial charge in [-0.1, -0.05) is 0 Å². The molecule has 1 rings (SSSR count). The van der Waals surface area contributed by atoms with Gasteiger partial charge in [0.05, 0.1) is 6.61 Å². The quantitative estimate of drug-likeness (QED) is 0.683. The van der Waals surface area contributed by atoms with Crippen LogP contribution in [0, 0.1) is 5.92 Å². The molecule has 1 aliphatic rings. The molecule has 1 amide bonds. The lowest BCUT2D eigenvalue weighted by Crippen LogP contribution is -2.31. The lowest BCUT2D eigenvalue weighted by Gasteiger charge is -2.22. The van der Waals surface area contributed by atoms with Crippen molar-refractivity contribution in [1.82, 2.24) is 10.6 Å². The number of rotatable bonds is 3. The van der Waals surface area contributed by atoms with Crippen molar-refractivity contribution in [2.75, 3.05) is 26.7 Å². The Morgan fingerprint density at radius 3 is 3.15 bits per heavy atom. The van der Waals surface area contributed by atoms with E-state index in [1.54, 1.807) is 7.05 Å². The van der Waals surface area contributed by atoms with Crippen molar-refractivity contribution in [3.8, 4) is 0 Å². The molecule has 1 saturated heterocycles. The van der Waals surface area contributed by atoms with Crippen LogP contribution in [0.5, 0.6) is 0 Å². The van der Waals surface area contributed by atoms with Crippen LogP contribution in [0.3, 0.4) is 0 Å². The first kappa shape index (κ1) is 10.3. The largest absolute Gasteiger partial charge is 0.450 e.